The third-order valence-electron chi connectivity index (χ3n) is 5.27. The lowest BCUT2D eigenvalue weighted by Gasteiger charge is -2.18. The fourth-order valence-corrected chi connectivity index (χ4v) is 4.41. The Morgan fingerprint density at radius 2 is 1.80 bits per heavy atom. The van der Waals surface area contributed by atoms with E-state index in [9.17, 15) is 9.59 Å². The number of ether oxygens (including phenoxy) is 1. The average molecular weight is 492 g/mol. The Hall–Kier alpha value is -3.96. The van der Waals surface area contributed by atoms with Gasteiger partial charge in [0.15, 0.2) is 5.17 Å². The van der Waals surface area contributed by atoms with Crippen molar-refractivity contribution in [2.75, 3.05) is 47.3 Å². The first-order valence-corrected chi connectivity index (χ1v) is 12.1. The van der Waals surface area contributed by atoms with Crippen LogP contribution in [0.5, 0.6) is 0 Å². The van der Waals surface area contributed by atoms with E-state index in [1.165, 1.54) is 16.7 Å². The molecular weight excluding hydrogens is 468 g/mol. The molecule has 11 heteroatoms. The van der Waals surface area contributed by atoms with Crippen LogP contribution >= 0.6 is 11.8 Å². The van der Waals surface area contributed by atoms with Gasteiger partial charge in [-0.25, -0.2) is 4.99 Å². The number of amidine groups is 1. The Kier molecular flexibility index (Phi) is 6.87. The van der Waals surface area contributed by atoms with Crippen LogP contribution in [0.2, 0.25) is 0 Å². The first-order chi connectivity index (χ1) is 17.2. The minimum atomic E-state index is -0.302. The zero-order valence-corrected chi connectivity index (χ0v) is 19.6. The van der Waals surface area contributed by atoms with Crippen LogP contribution < -0.4 is 20.0 Å². The normalized spacial score (nSPS) is 17.1. The molecule has 0 bridgehead atoms. The highest BCUT2D eigenvalue weighted by Gasteiger charge is 2.32. The van der Waals surface area contributed by atoms with Gasteiger partial charge in [-0.15, -0.1) is 5.01 Å². The van der Waals surface area contributed by atoms with Gasteiger partial charge in [0.1, 0.15) is 5.70 Å². The highest BCUT2D eigenvalue weighted by atomic mass is 32.2. The van der Waals surface area contributed by atoms with E-state index in [-0.39, 0.29) is 23.5 Å². The van der Waals surface area contributed by atoms with Crippen LogP contribution in [0.15, 0.2) is 82.1 Å². The molecule has 0 unspecified atom stereocenters. The van der Waals surface area contributed by atoms with Crippen molar-refractivity contribution >= 4 is 46.4 Å². The van der Waals surface area contributed by atoms with Gasteiger partial charge < -0.3 is 4.74 Å². The molecule has 10 nitrogen and oxygen atoms in total. The number of carbonyl (C=O) groups excluding carboxylic acids is 2. The summed E-state index contributed by atoms with van der Waals surface area (Å²) in [7, 11) is 0. The Morgan fingerprint density at radius 1 is 1.09 bits per heavy atom. The van der Waals surface area contributed by atoms with Gasteiger partial charge in [0.25, 0.3) is 12.1 Å². The number of amides is 2. The summed E-state index contributed by atoms with van der Waals surface area (Å²) in [4.78, 5) is 33.4. The maximum Gasteiger partial charge on any atom is 0.305 e. The minimum absolute atomic E-state index is 0.0340. The van der Waals surface area contributed by atoms with E-state index in [2.05, 4.69) is 15.6 Å². The van der Waals surface area contributed by atoms with Gasteiger partial charge in [-0.05, 0) is 23.8 Å². The van der Waals surface area contributed by atoms with Crippen LogP contribution in [0.25, 0.3) is 6.08 Å². The molecule has 2 amide bonds. The maximum atomic E-state index is 13.2. The van der Waals surface area contributed by atoms with E-state index in [1.54, 1.807) is 17.1 Å². The molecule has 2 aromatic carbocycles. The standard InChI is InChI=1S/C24H22N6O4S/c31-21(26-22-16-29(27-34-22)28-11-13-33-14-12-28)17-35-24-25-20(15-18-7-3-1-4-8-18)23(32)30(24)19-9-5-2-6-10-19/h1-10,15-16H,11-14,17H2/p+1/b20-15+. The van der Waals surface area contributed by atoms with Crippen LogP contribution in [-0.4, -0.2) is 54.3 Å². The molecule has 1 aromatic heterocycles. The molecule has 0 atom stereocenters. The largest absolute Gasteiger partial charge is 0.377 e. The van der Waals surface area contributed by atoms with E-state index in [4.69, 9.17) is 9.26 Å². The lowest BCUT2D eigenvalue weighted by atomic mass is 10.2. The van der Waals surface area contributed by atoms with Gasteiger partial charge in [-0.2, -0.15) is 0 Å². The van der Waals surface area contributed by atoms with E-state index in [0.29, 0.717) is 42.9 Å². The van der Waals surface area contributed by atoms with Crippen molar-refractivity contribution in [1.82, 2.24) is 5.27 Å². The Labute approximate surface area is 205 Å². The van der Waals surface area contributed by atoms with Gasteiger partial charge in [-0.3, -0.25) is 24.3 Å². The monoisotopic (exact) mass is 491 g/mol. The molecule has 5 rings (SSSR count). The number of thioether (sulfide) groups is 1. The summed E-state index contributed by atoms with van der Waals surface area (Å²) in [5.74, 6) is -0.281. The molecule has 1 N–H and O–H groups in total. The van der Waals surface area contributed by atoms with Crippen molar-refractivity contribution in [1.29, 1.82) is 0 Å². The van der Waals surface area contributed by atoms with Crippen LogP contribution in [-0.2, 0) is 14.3 Å². The summed E-state index contributed by atoms with van der Waals surface area (Å²) >= 11 is 1.17. The number of para-hydroxylation sites is 1. The quantitative estimate of drug-likeness (QED) is 0.416. The number of morpholine rings is 1. The number of aliphatic imine (C=N–C) groups is 1. The predicted octanol–water partition coefficient (Wildman–Crippen LogP) is 2.05. The van der Waals surface area contributed by atoms with Crippen molar-refractivity contribution in [3.63, 3.8) is 0 Å². The second-order valence-electron chi connectivity index (χ2n) is 7.70. The fraction of sp³-hybridized carbons (Fsp3) is 0.208. The van der Waals surface area contributed by atoms with Crippen LogP contribution in [0.4, 0.5) is 11.6 Å². The van der Waals surface area contributed by atoms with Crippen molar-refractivity contribution < 1.29 is 23.6 Å². The Bertz CT molecular complexity index is 1260. The first kappa shape index (κ1) is 22.8. The molecule has 2 aliphatic heterocycles. The Balaban J connectivity index is 1.28. The lowest BCUT2D eigenvalue weighted by Crippen LogP contribution is -2.62. The topological polar surface area (TPSA) is 104 Å². The highest BCUT2D eigenvalue weighted by Crippen LogP contribution is 2.29. The molecule has 0 spiro atoms. The highest BCUT2D eigenvalue weighted by molar-refractivity contribution is 8.14. The first-order valence-electron chi connectivity index (χ1n) is 11.1. The second kappa shape index (κ2) is 10.5. The van der Waals surface area contributed by atoms with Gasteiger partial charge in [0.05, 0.1) is 42.5 Å². The SMILES string of the molecule is O=C(CSC1=N/C(=C/c2ccccc2)C(=O)N1c1ccccc1)Nc1c[n+](N2CCOCC2)no1. The molecule has 3 aromatic rings. The van der Waals surface area contributed by atoms with E-state index in [0.717, 1.165) is 5.56 Å². The summed E-state index contributed by atoms with van der Waals surface area (Å²) in [5, 5.41) is 9.03. The Morgan fingerprint density at radius 3 is 2.54 bits per heavy atom. The summed E-state index contributed by atoms with van der Waals surface area (Å²) in [5.41, 5.74) is 1.86. The molecule has 0 saturated carbocycles. The molecule has 1 saturated heterocycles. The number of hydrogen-bond acceptors (Lipinski definition) is 8. The molecule has 1 fully saturated rings. The fourth-order valence-electron chi connectivity index (χ4n) is 3.59. The molecule has 2 aliphatic rings. The number of rotatable bonds is 6. The minimum Gasteiger partial charge on any atom is -0.377 e. The molecule has 0 aliphatic carbocycles. The van der Waals surface area contributed by atoms with Crippen LogP contribution in [0.1, 0.15) is 5.56 Å². The van der Waals surface area contributed by atoms with Gasteiger partial charge in [0.2, 0.25) is 11.2 Å². The van der Waals surface area contributed by atoms with Crippen molar-refractivity contribution in [2.24, 2.45) is 4.99 Å². The number of aromatic nitrogens is 2. The molecular formula is C24H23N6O4S+. The zero-order chi connectivity index (χ0) is 24.0. The summed E-state index contributed by atoms with van der Waals surface area (Å²) in [6, 6.07) is 18.8. The van der Waals surface area contributed by atoms with Crippen LogP contribution in [0, 0.1) is 0 Å². The number of hydrogen-bond donors (Lipinski definition) is 1. The second-order valence-corrected chi connectivity index (χ2v) is 8.64. The van der Waals surface area contributed by atoms with Crippen LogP contribution in [0.3, 0.4) is 0 Å². The summed E-state index contributed by atoms with van der Waals surface area (Å²) < 4.78 is 10.6. The van der Waals surface area contributed by atoms with Crippen molar-refractivity contribution in [2.45, 2.75) is 0 Å². The van der Waals surface area contributed by atoms with Gasteiger partial charge in [0, 0.05) is 0 Å². The molecule has 3 heterocycles. The number of anilines is 2. The van der Waals surface area contributed by atoms with Gasteiger partial charge >= 0.3 is 5.88 Å². The van der Waals surface area contributed by atoms with E-state index in [1.807, 2.05) is 65.7 Å². The molecule has 0 radical (unpaired) electrons. The lowest BCUT2D eigenvalue weighted by molar-refractivity contribution is -0.759. The number of benzene rings is 2. The van der Waals surface area contributed by atoms with E-state index < -0.39 is 0 Å². The summed E-state index contributed by atoms with van der Waals surface area (Å²) in [6.07, 6.45) is 3.35. The van der Waals surface area contributed by atoms with Crippen molar-refractivity contribution in [3.05, 3.63) is 78.1 Å². The zero-order valence-electron chi connectivity index (χ0n) is 18.7. The predicted molar refractivity (Wildman–Crippen MR) is 132 cm³/mol. The third-order valence-corrected chi connectivity index (χ3v) is 6.21. The molecule has 35 heavy (non-hydrogen) atoms. The van der Waals surface area contributed by atoms with Crippen molar-refractivity contribution in [3.8, 4) is 0 Å². The average Bonchev–Trinajstić information content (AvgIpc) is 3.49. The van der Waals surface area contributed by atoms with E-state index >= 15 is 0 Å². The van der Waals surface area contributed by atoms with Gasteiger partial charge in [-0.1, -0.05) is 60.3 Å². The maximum absolute atomic E-state index is 13.2. The smallest absolute Gasteiger partial charge is 0.305 e. The number of nitrogens with zero attached hydrogens (tertiary/aromatic N) is 5. The molecule has 178 valence electrons. The third kappa shape index (κ3) is 5.42. The number of carbonyl (C=O) groups is 2. The summed E-state index contributed by atoms with van der Waals surface area (Å²) in [6.45, 7) is 2.58. The number of nitrogens with one attached hydrogen (secondary N) is 1.